The van der Waals surface area contributed by atoms with Crippen molar-refractivity contribution in [1.29, 1.82) is 0 Å². The van der Waals surface area contributed by atoms with Gasteiger partial charge in [-0.05, 0) is 25.7 Å². The van der Waals surface area contributed by atoms with Crippen LogP contribution in [-0.2, 0) is 0 Å². The fourth-order valence-electron chi connectivity index (χ4n) is 1.09. The molecular weight excluding hydrogens is 140 g/mol. The maximum Gasteiger partial charge on any atom is 0.197 e. The van der Waals surface area contributed by atoms with Gasteiger partial charge >= 0.3 is 0 Å². The summed E-state index contributed by atoms with van der Waals surface area (Å²) < 4.78 is 0. The molecule has 2 N–H and O–H groups in total. The first-order valence-electron chi connectivity index (χ1n) is 4.18. The molecule has 0 fully saturated rings. The Balaban J connectivity index is 3.69. The first-order chi connectivity index (χ1) is 4.68. The second-order valence-electron chi connectivity index (χ2n) is 2.75. The van der Waals surface area contributed by atoms with E-state index >= 15 is 0 Å². The summed E-state index contributed by atoms with van der Waals surface area (Å²) in [6, 6.07) is 1.26. The van der Waals surface area contributed by atoms with Gasteiger partial charge in [0.05, 0.1) is 0 Å². The van der Waals surface area contributed by atoms with Crippen molar-refractivity contribution >= 4 is 8.40 Å². The molecule has 2 nitrogen and oxygen atoms in total. The summed E-state index contributed by atoms with van der Waals surface area (Å²) >= 11 is 0. The van der Waals surface area contributed by atoms with Gasteiger partial charge in [0.2, 0.25) is 0 Å². The Morgan fingerprint density at radius 2 is 1.40 bits per heavy atom. The summed E-state index contributed by atoms with van der Waals surface area (Å²) in [4.78, 5) is 7.07. The Morgan fingerprint density at radius 1 is 1.00 bits per heavy atom. The molecule has 0 aliphatic carbocycles. The van der Waals surface area contributed by atoms with Crippen LogP contribution in [0.1, 0.15) is 20.8 Å². The largest absolute Gasteiger partial charge is 0.326 e. The average Bonchev–Trinajstić information content (AvgIpc) is 1.89. The third kappa shape index (κ3) is 3.34. The maximum absolute atomic E-state index is 3.54. The van der Waals surface area contributed by atoms with Crippen molar-refractivity contribution in [2.24, 2.45) is 0 Å². The highest BCUT2D eigenvalue weighted by atomic mass is 28.3. The van der Waals surface area contributed by atoms with E-state index in [-0.39, 0.29) is 0 Å². The zero-order valence-corrected chi connectivity index (χ0v) is 8.62. The Morgan fingerprint density at radius 3 is 1.60 bits per heavy atom. The summed E-state index contributed by atoms with van der Waals surface area (Å²) in [6.45, 7) is 11.1. The van der Waals surface area contributed by atoms with Gasteiger partial charge in [-0.3, -0.25) is 0 Å². The predicted molar refractivity (Wildman–Crippen MR) is 49.5 cm³/mol. The molecule has 0 amide bonds. The lowest BCUT2D eigenvalue weighted by Crippen LogP contribution is -2.59. The van der Waals surface area contributed by atoms with Crippen LogP contribution in [0.3, 0.4) is 0 Å². The molecule has 0 bridgehead atoms. The normalized spacial score (nSPS) is 12.0. The average molecular weight is 160 g/mol. The van der Waals surface area contributed by atoms with E-state index in [1.54, 1.807) is 0 Å². The van der Waals surface area contributed by atoms with Gasteiger partial charge in [0.15, 0.2) is 8.40 Å². The van der Waals surface area contributed by atoms with E-state index in [4.69, 9.17) is 0 Å². The smallest absolute Gasteiger partial charge is 0.197 e. The van der Waals surface area contributed by atoms with Crippen LogP contribution in [0.4, 0.5) is 0 Å². The highest BCUT2D eigenvalue weighted by Crippen LogP contribution is 1.98. The molecule has 0 heterocycles. The van der Waals surface area contributed by atoms with E-state index in [2.05, 4.69) is 37.3 Å². The second-order valence-corrected chi connectivity index (χ2v) is 6.82. The molecule has 0 aromatic carbocycles. The molecule has 0 atom stereocenters. The SMILES string of the molecule is CCN[Si](C)(CC)NCC. The van der Waals surface area contributed by atoms with E-state index in [1.165, 1.54) is 6.04 Å². The van der Waals surface area contributed by atoms with Crippen LogP contribution >= 0.6 is 0 Å². The maximum atomic E-state index is 3.54. The minimum absolute atomic E-state index is 1.09. The molecule has 0 aliphatic heterocycles. The van der Waals surface area contributed by atoms with Crippen molar-refractivity contribution in [1.82, 2.24) is 9.96 Å². The van der Waals surface area contributed by atoms with Gasteiger partial charge in [0.25, 0.3) is 0 Å². The van der Waals surface area contributed by atoms with Crippen LogP contribution in [0.25, 0.3) is 0 Å². The van der Waals surface area contributed by atoms with Crippen LogP contribution in [0.2, 0.25) is 12.6 Å². The van der Waals surface area contributed by atoms with Crippen LogP contribution in [0.15, 0.2) is 0 Å². The molecule has 0 aromatic heterocycles. The number of hydrogen-bond donors (Lipinski definition) is 2. The fourth-order valence-corrected chi connectivity index (χ4v) is 3.28. The Labute approximate surface area is 65.6 Å². The summed E-state index contributed by atoms with van der Waals surface area (Å²) in [5, 5.41) is 0. The summed E-state index contributed by atoms with van der Waals surface area (Å²) in [6.07, 6.45) is 0. The zero-order chi connectivity index (χ0) is 8.04. The molecule has 0 spiro atoms. The quantitative estimate of drug-likeness (QED) is 0.592. The lowest BCUT2D eigenvalue weighted by Gasteiger charge is -2.26. The minimum atomic E-state index is -1.22. The van der Waals surface area contributed by atoms with E-state index < -0.39 is 8.40 Å². The van der Waals surface area contributed by atoms with Crippen LogP contribution in [0.5, 0.6) is 0 Å². The molecule has 62 valence electrons. The van der Waals surface area contributed by atoms with E-state index in [0.717, 1.165) is 13.1 Å². The number of hydrogen-bond acceptors (Lipinski definition) is 2. The lowest BCUT2D eigenvalue weighted by molar-refractivity contribution is 0.846. The molecule has 0 saturated heterocycles. The Kier molecular flexibility index (Phi) is 4.94. The van der Waals surface area contributed by atoms with Gasteiger partial charge in [0, 0.05) is 0 Å². The molecule has 0 saturated carbocycles. The molecular formula is C7H20N2Si. The Bertz CT molecular complexity index is 79.7. The van der Waals surface area contributed by atoms with Gasteiger partial charge in [-0.15, -0.1) is 0 Å². The first-order valence-corrected chi connectivity index (χ1v) is 6.89. The minimum Gasteiger partial charge on any atom is -0.326 e. The summed E-state index contributed by atoms with van der Waals surface area (Å²) in [7, 11) is -1.22. The standard InChI is InChI=1S/C7H20N2Si/c1-5-8-10(4,7-3)9-6-2/h8-9H,5-7H2,1-4H3. The highest BCUT2D eigenvalue weighted by molar-refractivity contribution is 6.73. The van der Waals surface area contributed by atoms with Gasteiger partial charge < -0.3 is 9.96 Å². The molecule has 3 heteroatoms. The molecule has 0 aromatic rings. The van der Waals surface area contributed by atoms with Crippen molar-refractivity contribution < 1.29 is 0 Å². The molecule has 0 unspecified atom stereocenters. The van der Waals surface area contributed by atoms with Gasteiger partial charge in [-0.2, -0.15) is 0 Å². The number of rotatable bonds is 5. The van der Waals surface area contributed by atoms with Crippen molar-refractivity contribution in [3.8, 4) is 0 Å². The third-order valence-corrected chi connectivity index (χ3v) is 5.52. The molecule has 0 radical (unpaired) electrons. The zero-order valence-electron chi connectivity index (χ0n) is 7.62. The first kappa shape index (κ1) is 10.1. The van der Waals surface area contributed by atoms with Gasteiger partial charge in [-0.25, -0.2) is 0 Å². The van der Waals surface area contributed by atoms with Crippen LogP contribution < -0.4 is 9.96 Å². The van der Waals surface area contributed by atoms with Crippen molar-refractivity contribution in [2.75, 3.05) is 13.1 Å². The molecule has 10 heavy (non-hydrogen) atoms. The predicted octanol–water partition coefficient (Wildman–Crippen LogP) is 1.30. The van der Waals surface area contributed by atoms with Crippen molar-refractivity contribution in [2.45, 2.75) is 33.4 Å². The Hall–Kier alpha value is 0.137. The van der Waals surface area contributed by atoms with Crippen molar-refractivity contribution in [3.63, 3.8) is 0 Å². The van der Waals surface area contributed by atoms with E-state index in [0.29, 0.717) is 0 Å². The van der Waals surface area contributed by atoms with Crippen molar-refractivity contribution in [3.05, 3.63) is 0 Å². The van der Waals surface area contributed by atoms with E-state index in [9.17, 15) is 0 Å². The molecule has 0 rings (SSSR count). The lowest BCUT2D eigenvalue weighted by atomic mass is 10.8. The van der Waals surface area contributed by atoms with Crippen LogP contribution in [0, 0.1) is 0 Å². The fraction of sp³-hybridized carbons (Fsp3) is 1.00. The second kappa shape index (κ2) is 4.88. The van der Waals surface area contributed by atoms with Gasteiger partial charge in [0.1, 0.15) is 0 Å². The molecule has 0 aliphatic rings. The summed E-state index contributed by atoms with van der Waals surface area (Å²) in [5.74, 6) is 0. The van der Waals surface area contributed by atoms with Crippen LogP contribution in [-0.4, -0.2) is 21.5 Å². The number of nitrogens with one attached hydrogen (secondary N) is 2. The summed E-state index contributed by atoms with van der Waals surface area (Å²) in [5.41, 5.74) is 0. The topological polar surface area (TPSA) is 24.1 Å². The monoisotopic (exact) mass is 160 g/mol. The van der Waals surface area contributed by atoms with Gasteiger partial charge in [-0.1, -0.05) is 20.8 Å². The van der Waals surface area contributed by atoms with E-state index in [1.807, 2.05) is 0 Å². The highest BCUT2D eigenvalue weighted by Gasteiger charge is 2.21. The third-order valence-electron chi connectivity index (χ3n) is 1.84.